The summed E-state index contributed by atoms with van der Waals surface area (Å²) in [5, 5.41) is 0.315. The summed E-state index contributed by atoms with van der Waals surface area (Å²) < 4.78 is 19.1. The first kappa shape index (κ1) is 39.2. The van der Waals surface area contributed by atoms with Gasteiger partial charge >= 0.3 is 5.97 Å². The minimum Gasteiger partial charge on any atom is -0.466 e. The van der Waals surface area contributed by atoms with Crippen LogP contribution in [0.5, 0.6) is 0 Å². The van der Waals surface area contributed by atoms with Crippen LogP contribution in [0.2, 0.25) is 36.3 Å². The molecule has 0 N–H and O–H groups in total. The molecular formula is C38H70O4Si2. The molecule has 4 nitrogen and oxygen atoms in total. The lowest BCUT2D eigenvalue weighted by atomic mass is 9.63. The maximum Gasteiger partial charge on any atom is 0.305 e. The van der Waals surface area contributed by atoms with Gasteiger partial charge in [0.1, 0.15) is 0 Å². The van der Waals surface area contributed by atoms with Crippen LogP contribution in [0.4, 0.5) is 0 Å². The Labute approximate surface area is 275 Å². The average molecular weight is 647 g/mol. The molecule has 6 heteroatoms. The van der Waals surface area contributed by atoms with Crippen molar-refractivity contribution in [1.29, 1.82) is 0 Å². The molecule has 0 saturated heterocycles. The fourth-order valence-electron chi connectivity index (χ4n) is 6.50. The lowest BCUT2D eigenvalue weighted by molar-refractivity contribution is -0.143. The van der Waals surface area contributed by atoms with Gasteiger partial charge in [-0.15, -0.1) is 0 Å². The Morgan fingerprint density at radius 1 is 0.977 bits per heavy atom. The highest BCUT2D eigenvalue weighted by Gasteiger charge is 2.50. The second kappa shape index (κ2) is 14.9. The van der Waals surface area contributed by atoms with Crippen molar-refractivity contribution in [2.24, 2.45) is 16.7 Å². The number of hydrogen-bond donors (Lipinski definition) is 0. The molecular weight excluding hydrogens is 577 g/mol. The van der Waals surface area contributed by atoms with Crippen LogP contribution in [0.25, 0.3) is 0 Å². The first-order chi connectivity index (χ1) is 20.0. The van der Waals surface area contributed by atoms with Crippen molar-refractivity contribution in [3.63, 3.8) is 0 Å². The molecule has 2 saturated carbocycles. The van der Waals surface area contributed by atoms with E-state index >= 15 is 0 Å². The van der Waals surface area contributed by atoms with Crippen molar-refractivity contribution in [2.75, 3.05) is 6.61 Å². The van der Waals surface area contributed by atoms with Crippen LogP contribution in [0.3, 0.4) is 0 Å². The molecule has 44 heavy (non-hydrogen) atoms. The summed E-state index contributed by atoms with van der Waals surface area (Å²) in [6.07, 6.45) is 16.3. The van der Waals surface area contributed by atoms with Crippen LogP contribution >= 0.6 is 0 Å². The van der Waals surface area contributed by atoms with Gasteiger partial charge in [0, 0.05) is 12.8 Å². The second-order valence-corrected chi connectivity index (χ2v) is 27.2. The van der Waals surface area contributed by atoms with Crippen molar-refractivity contribution in [2.45, 2.75) is 175 Å². The number of hydrogen-bond acceptors (Lipinski definition) is 4. The van der Waals surface area contributed by atoms with E-state index < -0.39 is 16.6 Å². The van der Waals surface area contributed by atoms with Gasteiger partial charge in [-0.25, -0.2) is 0 Å². The van der Waals surface area contributed by atoms with Crippen LogP contribution in [-0.4, -0.2) is 41.4 Å². The number of ether oxygens (including phenoxy) is 1. The van der Waals surface area contributed by atoms with Crippen LogP contribution in [0, 0.1) is 16.7 Å². The van der Waals surface area contributed by atoms with Gasteiger partial charge < -0.3 is 13.6 Å². The molecule has 2 rings (SSSR count). The van der Waals surface area contributed by atoms with E-state index in [0.29, 0.717) is 18.9 Å². The Hall–Kier alpha value is -0.956. The Morgan fingerprint density at radius 3 is 2.14 bits per heavy atom. The first-order valence-electron chi connectivity index (χ1n) is 17.5. The highest BCUT2D eigenvalue weighted by Crippen LogP contribution is 2.59. The summed E-state index contributed by atoms with van der Waals surface area (Å²) in [7, 11) is -3.89. The van der Waals surface area contributed by atoms with Crippen LogP contribution in [0.15, 0.2) is 36.0 Å². The minimum absolute atomic E-state index is 0.00919. The molecule has 2 aliphatic rings. The van der Waals surface area contributed by atoms with Gasteiger partial charge in [0.05, 0.1) is 18.8 Å². The summed E-state index contributed by atoms with van der Waals surface area (Å²) in [6, 6.07) is 0. The minimum atomic E-state index is -1.97. The van der Waals surface area contributed by atoms with Gasteiger partial charge in [-0.3, -0.25) is 4.79 Å². The maximum atomic E-state index is 11.7. The molecule has 0 heterocycles. The largest absolute Gasteiger partial charge is 0.466 e. The molecule has 2 aliphatic carbocycles. The lowest BCUT2D eigenvalue weighted by Crippen LogP contribution is -2.49. The van der Waals surface area contributed by atoms with Gasteiger partial charge in [0.25, 0.3) is 0 Å². The second-order valence-electron chi connectivity index (χ2n) is 17.7. The summed E-state index contributed by atoms with van der Waals surface area (Å²) in [4.78, 5) is 11.7. The third-order valence-corrected chi connectivity index (χ3v) is 21.4. The van der Waals surface area contributed by atoms with Crippen molar-refractivity contribution >= 4 is 22.6 Å². The van der Waals surface area contributed by atoms with Crippen molar-refractivity contribution in [1.82, 2.24) is 0 Å². The molecule has 0 spiro atoms. The maximum absolute atomic E-state index is 11.7. The third kappa shape index (κ3) is 9.78. The molecule has 0 aromatic rings. The summed E-state index contributed by atoms with van der Waals surface area (Å²) >= 11 is 0. The van der Waals surface area contributed by atoms with Crippen molar-refractivity contribution < 1.29 is 18.4 Å². The topological polar surface area (TPSA) is 44.8 Å². The van der Waals surface area contributed by atoms with Crippen LogP contribution in [0.1, 0.15) is 127 Å². The average Bonchev–Trinajstić information content (AvgIpc) is 3.08. The summed E-state index contributed by atoms with van der Waals surface area (Å²) in [5.74, 6) is 0.639. The molecule has 254 valence electrons. The highest BCUT2D eigenvalue weighted by molar-refractivity contribution is 6.74. The zero-order valence-corrected chi connectivity index (χ0v) is 33.4. The van der Waals surface area contributed by atoms with Gasteiger partial charge in [0.2, 0.25) is 0 Å². The van der Waals surface area contributed by atoms with E-state index in [1.807, 2.05) is 6.92 Å². The Bertz CT molecular complexity index is 1040. The van der Waals surface area contributed by atoms with E-state index in [1.165, 1.54) is 24.8 Å². The highest BCUT2D eigenvalue weighted by atomic mass is 28.4. The Balaban J connectivity index is 2.16. The monoisotopic (exact) mass is 646 g/mol. The molecule has 0 bridgehead atoms. The van der Waals surface area contributed by atoms with E-state index in [9.17, 15) is 4.79 Å². The molecule has 4 atom stereocenters. The molecule has 0 aromatic heterocycles. The molecule has 0 radical (unpaired) electrons. The van der Waals surface area contributed by atoms with Crippen molar-refractivity contribution in [3.05, 3.63) is 36.0 Å². The molecule has 0 amide bonds. The number of carbonyl (C=O) groups is 1. The number of esters is 1. The number of unbranched alkanes of at least 4 members (excludes halogenated alkanes) is 1. The molecule has 2 fully saturated rings. The zero-order valence-electron chi connectivity index (χ0n) is 31.4. The van der Waals surface area contributed by atoms with E-state index in [1.54, 1.807) is 0 Å². The van der Waals surface area contributed by atoms with E-state index in [2.05, 4.69) is 113 Å². The first-order valence-corrected chi connectivity index (χ1v) is 23.4. The molecule has 0 aromatic carbocycles. The van der Waals surface area contributed by atoms with Gasteiger partial charge in [-0.2, -0.15) is 0 Å². The number of rotatable bonds is 13. The SMILES string of the molecule is C=C1C(=CC=CCC2(C)CC[C@H](CCCCC(=O)OCC)C2(C)C)CC(O[Si](C)(C)C(C)(C)C)CC1O[Si](C)(C)C(C)(C)C. The fourth-order valence-corrected chi connectivity index (χ4v) is 9.17. The summed E-state index contributed by atoms with van der Waals surface area (Å²) in [6.45, 7) is 37.7. The predicted molar refractivity (Wildman–Crippen MR) is 194 cm³/mol. The third-order valence-electron chi connectivity index (χ3n) is 12.3. The van der Waals surface area contributed by atoms with Crippen LogP contribution in [-0.2, 0) is 18.4 Å². The van der Waals surface area contributed by atoms with Gasteiger partial charge in [0.15, 0.2) is 16.6 Å². The Kier molecular flexibility index (Phi) is 13.2. The van der Waals surface area contributed by atoms with E-state index in [-0.39, 0.29) is 39.1 Å². The number of carbonyl (C=O) groups excluding carboxylic acids is 1. The van der Waals surface area contributed by atoms with Crippen LogP contribution < -0.4 is 0 Å². The van der Waals surface area contributed by atoms with Gasteiger partial charge in [-0.1, -0.05) is 93.5 Å². The summed E-state index contributed by atoms with van der Waals surface area (Å²) in [5.41, 5.74) is 2.95. The van der Waals surface area contributed by atoms with E-state index in [0.717, 1.165) is 37.7 Å². The van der Waals surface area contributed by atoms with Crippen molar-refractivity contribution in [3.8, 4) is 0 Å². The lowest BCUT2D eigenvalue weighted by Gasteiger charge is -2.45. The number of allylic oxidation sites excluding steroid dienone is 3. The smallest absolute Gasteiger partial charge is 0.305 e. The fraction of sp³-hybridized carbons (Fsp3) is 0.816. The van der Waals surface area contributed by atoms with E-state index in [4.69, 9.17) is 13.6 Å². The van der Waals surface area contributed by atoms with Gasteiger partial charge in [-0.05, 0) is 110 Å². The molecule has 0 aliphatic heterocycles. The predicted octanol–water partition coefficient (Wildman–Crippen LogP) is 11.6. The standard InChI is InChI=1S/C38H70O4Si2/c1-16-40-34(39)23-18-17-22-31-24-26-38(11,37(31,9)10)25-20-19-21-30-27-32(41-43(12,13)35(3,4)5)28-33(29(30)2)42-44(14,15)36(6,7)8/h19-21,31-33H,2,16-18,22-28H2,1,3-15H3/t31-,32?,33?,38?/m0/s1. The normalized spacial score (nSPS) is 27.8. The Morgan fingerprint density at radius 2 is 1.57 bits per heavy atom. The quantitative estimate of drug-likeness (QED) is 0.113. The zero-order chi connectivity index (χ0) is 33.8. The molecule has 3 unspecified atom stereocenters.